The van der Waals surface area contributed by atoms with Crippen LogP contribution in [-0.2, 0) is 4.79 Å². The second-order valence-corrected chi connectivity index (χ2v) is 7.06. The van der Waals surface area contributed by atoms with Crippen molar-refractivity contribution in [3.05, 3.63) is 66.0 Å². The van der Waals surface area contributed by atoms with Crippen molar-refractivity contribution in [1.29, 1.82) is 0 Å². The Hall–Kier alpha value is -3.87. The van der Waals surface area contributed by atoms with Crippen LogP contribution in [0.3, 0.4) is 0 Å². The smallest absolute Gasteiger partial charge is 0.221 e. The van der Waals surface area contributed by atoms with Gasteiger partial charge in [-0.2, -0.15) is 9.61 Å². The van der Waals surface area contributed by atoms with Crippen molar-refractivity contribution in [2.24, 2.45) is 0 Å². The Bertz CT molecular complexity index is 1230. The third kappa shape index (κ3) is 3.69. The quantitative estimate of drug-likeness (QED) is 0.506. The summed E-state index contributed by atoms with van der Waals surface area (Å²) in [7, 11) is 1.66. The van der Waals surface area contributed by atoms with E-state index in [4.69, 9.17) is 14.8 Å². The Morgan fingerprint density at radius 3 is 2.43 bits per heavy atom. The van der Waals surface area contributed by atoms with E-state index in [0.717, 1.165) is 51.1 Å². The monoisotopic (exact) mass is 401 g/mol. The van der Waals surface area contributed by atoms with Gasteiger partial charge in [0.15, 0.2) is 5.65 Å². The number of ether oxygens (including phenoxy) is 1. The third-order valence-corrected chi connectivity index (χ3v) is 4.75. The number of aromatic nitrogens is 3. The zero-order valence-corrected chi connectivity index (χ0v) is 17.4. The van der Waals surface area contributed by atoms with Gasteiger partial charge in [-0.3, -0.25) is 4.79 Å². The van der Waals surface area contributed by atoms with Crippen LogP contribution in [0.1, 0.15) is 18.3 Å². The van der Waals surface area contributed by atoms with Crippen molar-refractivity contribution >= 4 is 28.7 Å². The minimum absolute atomic E-state index is 0.0990. The van der Waals surface area contributed by atoms with Crippen LogP contribution in [0, 0.1) is 13.8 Å². The molecule has 7 nitrogen and oxygen atoms in total. The van der Waals surface area contributed by atoms with Gasteiger partial charge in [0.05, 0.1) is 18.4 Å². The van der Waals surface area contributed by atoms with Crippen LogP contribution in [0.2, 0.25) is 0 Å². The van der Waals surface area contributed by atoms with Gasteiger partial charge in [0.25, 0.3) is 0 Å². The lowest BCUT2D eigenvalue weighted by Crippen LogP contribution is -2.06. The topological polar surface area (TPSA) is 80.5 Å². The van der Waals surface area contributed by atoms with Crippen LogP contribution in [0.5, 0.6) is 5.75 Å². The molecule has 0 saturated carbocycles. The second-order valence-electron chi connectivity index (χ2n) is 7.06. The molecule has 2 heterocycles. The van der Waals surface area contributed by atoms with Gasteiger partial charge in [0, 0.05) is 35.6 Å². The normalized spacial score (nSPS) is 10.8. The maximum absolute atomic E-state index is 11.2. The van der Waals surface area contributed by atoms with Crippen molar-refractivity contribution in [2.75, 3.05) is 17.7 Å². The molecule has 0 bridgehead atoms. The van der Waals surface area contributed by atoms with Crippen LogP contribution in [0.15, 0.2) is 54.6 Å². The van der Waals surface area contributed by atoms with Crippen LogP contribution in [0.25, 0.3) is 16.8 Å². The van der Waals surface area contributed by atoms with Crippen molar-refractivity contribution in [3.63, 3.8) is 0 Å². The van der Waals surface area contributed by atoms with Gasteiger partial charge < -0.3 is 15.4 Å². The SMILES string of the molecule is COc1ccccc1-c1c(C)nn2c(Nc3ccc(NC(C)=O)cc3)cc(C)nc12. The number of nitrogens with one attached hydrogen (secondary N) is 2. The molecule has 2 N–H and O–H groups in total. The highest BCUT2D eigenvalue weighted by Gasteiger charge is 2.18. The predicted octanol–water partition coefficient (Wildman–Crippen LogP) is 4.72. The molecule has 0 fully saturated rings. The molecule has 1 amide bonds. The summed E-state index contributed by atoms with van der Waals surface area (Å²) in [5.74, 6) is 1.48. The van der Waals surface area contributed by atoms with E-state index in [-0.39, 0.29) is 5.91 Å². The van der Waals surface area contributed by atoms with Crippen molar-refractivity contribution < 1.29 is 9.53 Å². The molecule has 0 spiro atoms. The number of fused-ring (bicyclic) bond motifs is 1. The summed E-state index contributed by atoms with van der Waals surface area (Å²) in [5.41, 5.74) is 6.02. The van der Waals surface area contributed by atoms with Crippen molar-refractivity contribution in [1.82, 2.24) is 14.6 Å². The fourth-order valence-electron chi connectivity index (χ4n) is 3.49. The highest BCUT2D eigenvalue weighted by atomic mass is 16.5. The Morgan fingerprint density at radius 2 is 1.73 bits per heavy atom. The first kappa shape index (κ1) is 19.4. The van der Waals surface area contributed by atoms with Gasteiger partial charge in [0.2, 0.25) is 5.91 Å². The van der Waals surface area contributed by atoms with Gasteiger partial charge in [-0.25, -0.2) is 4.98 Å². The number of hydrogen-bond acceptors (Lipinski definition) is 5. The molecule has 0 atom stereocenters. The van der Waals surface area contributed by atoms with Crippen molar-refractivity contribution in [2.45, 2.75) is 20.8 Å². The number of amides is 1. The molecular formula is C23H23N5O2. The number of benzene rings is 2. The lowest BCUT2D eigenvalue weighted by atomic mass is 10.1. The first-order chi connectivity index (χ1) is 14.5. The van der Waals surface area contributed by atoms with Crippen LogP contribution in [-0.4, -0.2) is 27.6 Å². The molecule has 0 radical (unpaired) electrons. The van der Waals surface area contributed by atoms with Crippen molar-refractivity contribution in [3.8, 4) is 16.9 Å². The summed E-state index contributed by atoms with van der Waals surface area (Å²) in [6.07, 6.45) is 0. The standard InChI is InChI=1S/C23H23N5O2/c1-14-13-21(26-18-11-9-17(10-12-18)25-16(3)29)28-23(24-14)22(15(2)27-28)19-7-5-6-8-20(19)30-4/h5-13,26H,1-4H3,(H,25,29). The first-order valence-electron chi connectivity index (χ1n) is 9.61. The minimum atomic E-state index is -0.0990. The second kappa shape index (κ2) is 7.87. The molecule has 0 unspecified atom stereocenters. The molecule has 7 heteroatoms. The molecule has 4 rings (SSSR count). The Labute approximate surface area is 174 Å². The average molecular weight is 401 g/mol. The zero-order valence-electron chi connectivity index (χ0n) is 17.4. The summed E-state index contributed by atoms with van der Waals surface area (Å²) in [6.45, 7) is 5.42. The number of methoxy groups -OCH3 is 1. The molecule has 2 aromatic heterocycles. The molecule has 0 aliphatic heterocycles. The highest BCUT2D eigenvalue weighted by molar-refractivity contribution is 5.89. The van der Waals surface area contributed by atoms with E-state index in [1.165, 1.54) is 6.92 Å². The van der Waals surface area contributed by atoms with E-state index in [1.54, 1.807) is 7.11 Å². The van der Waals surface area contributed by atoms with Crippen LogP contribution < -0.4 is 15.4 Å². The Balaban J connectivity index is 1.78. The van der Waals surface area contributed by atoms with E-state index in [0.29, 0.717) is 0 Å². The number of anilines is 3. The van der Waals surface area contributed by atoms with E-state index >= 15 is 0 Å². The van der Waals surface area contributed by atoms with Gasteiger partial charge in [0.1, 0.15) is 11.6 Å². The van der Waals surface area contributed by atoms with Gasteiger partial charge in [-0.15, -0.1) is 0 Å². The Kier molecular flexibility index (Phi) is 5.10. The fraction of sp³-hybridized carbons (Fsp3) is 0.174. The summed E-state index contributed by atoms with van der Waals surface area (Å²) in [6, 6.07) is 17.3. The minimum Gasteiger partial charge on any atom is -0.496 e. The van der Waals surface area contributed by atoms with Gasteiger partial charge in [-0.05, 0) is 44.2 Å². The molecule has 0 saturated heterocycles. The molecule has 4 aromatic rings. The predicted molar refractivity (Wildman–Crippen MR) is 118 cm³/mol. The number of para-hydroxylation sites is 1. The largest absolute Gasteiger partial charge is 0.496 e. The summed E-state index contributed by atoms with van der Waals surface area (Å²) < 4.78 is 7.37. The molecule has 0 aliphatic carbocycles. The maximum Gasteiger partial charge on any atom is 0.221 e. The van der Waals surface area contributed by atoms with E-state index < -0.39 is 0 Å². The molecule has 30 heavy (non-hydrogen) atoms. The summed E-state index contributed by atoms with van der Waals surface area (Å²) in [5, 5.41) is 10.9. The lowest BCUT2D eigenvalue weighted by molar-refractivity contribution is -0.114. The fourth-order valence-corrected chi connectivity index (χ4v) is 3.49. The molecule has 0 aliphatic rings. The molecule has 152 valence electrons. The number of nitrogens with zero attached hydrogens (tertiary/aromatic N) is 3. The van der Waals surface area contributed by atoms with E-state index in [1.807, 2.05) is 73.0 Å². The number of hydrogen-bond donors (Lipinski definition) is 2. The first-order valence-corrected chi connectivity index (χ1v) is 9.61. The molecule has 2 aromatic carbocycles. The number of carbonyl (C=O) groups is 1. The number of carbonyl (C=O) groups excluding carboxylic acids is 1. The zero-order chi connectivity index (χ0) is 21.3. The third-order valence-electron chi connectivity index (χ3n) is 4.75. The van der Waals surface area contributed by atoms with E-state index in [9.17, 15) is 4.79 Å². The number of aryl methyl sites for hydroxylation is 2. The van der Waals surface area contributed by atoms with Crippen LogP contribution >= 0.6 is 0 Å². The number of rotatable bonds is 5. The summed E-state index contributed by atoms with van der Waals surface area (Å²) in [4.78, 5) is 16.0. The van der Waals surface area contributed by atoms with Gasteiger partial charge in [-0.1, -0.05) is 18.2 Å². The Morgan fingerprint density at radius 1 is 1.03 bits per heavy atom. The van der Waals surface area contributed by atoms with Gasteiger partial charge >= 0.3 is 0 Å². The summed E-state index contributed by atoms with van der Waals surface area (Å²) >= 11 is 0. The van der Waals surface area contributed by atoms with Crippen LogP contribution in [0.4, 0.5) is 17.2 Å². The maximum atomic E-state index is 11.2. The van der Waals surface area contributed by atoms with E-state index in [2.05, 4.69) is 10.6 Å². The highest BCUT2D eigenvalue weighted by Crippen LogP contribution is 2.35. The lowest BCUT2D eigenvalue weighted by Gasteiger charge is -2.11. The molecular weight excluding hydrogens is 378 g/mol. The average Bonchev–Trinajstić information content (AvgIpc) is 3.04.